The molecule has 0 spiro atoms. The lowest BCUT2D eigenvalue weighted by Crippen LogP contribution is -2.22. The molecule has 0 aliphatic carbocycles. The minimum Gasteiger partial charge on any atom is -0.477 e. The van der Waals surface area contributed by atoms with Gasteiger partial charge in [0.15, 0.2) is 15.5 Å². The quantitative estimate of drug-likeness (QED) is 0.705. The number of nitrogens with zero attached hydrogens (tertiary/aromatic N) is 1. The van der Waals surface area contributed by atoms with Gasteiger partial charge in [0.1, 0.15) is 5.82 Å². The van der Waals surface area contributed by atoms with Crippen molar-refractivity contribution < 1.29 is 18.3 Å². The molecule has 1 aliphatic rings. The van der Waals surface area contributed by atoms with Crippen LogP contribution in [0.3, 0.4) is 0 Å². The summed E-state index contributed by atoms with van der Waals surface area (Å²) in [7, 11) is -3.00. The van der Waals surface area contributed by atoms with Crippen LogP contribution >= 0.6 is 0 Å². The second-order valence-electron chi connectivity index (χ2n) is 4.18. The number of nitrogens with two attached hydrogens (primary N) is 1. The Bertz CT molecular complexity index is 585. The van der Waals surface area contributed by atoms with E-state index in [1.54, 1.807) is 0 Å². The molecular formula is C10H13N3O4S. The number of aromatic nitrogens is 1. The van der Waals surface area contributed by atoms with Crippen LogP contribution in [0.4, 0.5) is 11.5 Å². The summed E-state index contributed by atoms with van der Waals surface area (Å²) in [6, 6.07) is 2.46. The number of nitrogen functional groups attached to an aromatic ring is 1. The van der Waals surface area contributed by atoms with Gasteiger partial charge in [-0.2, -0.15) is 0 Å². The number of carbonyl (C=O) groups is 1. The van der Waals surface area contributed by atoms with Crippen LogP contribution in [0, 0.1) is 0 Å². The van der Waals surface area contributed by atoms with Gasteiger partial charge in [-0.05, 0) is 18.6 Å². The SMILES string of the molecule is Nc1ccc(C(=O)O)nc1NC1CCS(=O)(=O)C1. The second kappa shape index (κ2) is 4.45. The van der Waals surface area contributed by atoms with Gasteiger partial charge in [-0.25, -0.2) is 18.2 Å². The van der Waals surface area contributed by atoms with Crippen molar-refractivity contribution in [3.05, 3.63) is 17.8 Å². The maximum absolute atomic E-state index is 11.3. The van der Waals surface area contributed by atoms with Crippen LogP contribution in [0.1, 0.15) is 16.9 Å². The zero-order valence-corrected chi connectivity index (χ0v) is 10.3. The number of hydrogen-bond donors (Lipinski definition) is 3. The van der Waals surface area contributed by atoms with E-state index < -0.39 is 15.8 Å². The van der Waals surface area contributed by atoms with Crippen molar-refractivity contribution in [2.45, 2.75) is 12.5 Å². The number of rotatable bonds is 3. The molecule has 1 fully saturated rings. The lowest BCUT2D eigenvalue weighted by atomic mass is 10.2. The van der Waals surface area contributed by atoms with Gasteiger partial charge in [-0.15, -0.1) is 0 Å². The Morgan fingerprint density at radius 1 is 1.50 bits per heavy atom. The molecule has 1 atom stereocenters. The van der Waals surface area contributed by atoms with Crippen molar-refractivity contribution in [2.75, 3.05) is 22.6 Å². The van der Waals surface area contributed by atoms with E-state index in [1.807, 2.05) is 0 Å². The highest BCUT2D eigenvalue weighted by atomic mass is 32.2. The molecule has 2 rings (SSSR count). The average Bonchev–Trinajstić information content (AvgIpc) is 2.61. The molecule has 0 radical (unpaired) electrons. The summed E-state index contributed by atoms with van der Waals surface area (Å²) in [6.07, 6.45) is 0.473. The summed E-state index contributed by atoms with van der Waals surface area (Å²) in [6.45, 7) is 0. The maximum atomic E-state index is 11.3. The zero-order chi connectivity index (χ0) is 13.3. The van der Waals surface area contributed by atoms with Crippen molar-refractivity contribution in [3.8, 4) is 0 Å². The number of carboxylic acid groups (broad SMARTS) is 1. The molecule has 1 aromatic heterocycles. The van der Waals surface area contributed by atoms with Crippen molar-refractivity contribution >= 4 is 27.3 Å². The molecule has 18 heavy (non-hydrogen) atoms. The Kier molecular flexibility index (Phi) is 3.12. The Morgan fingerprint density at radius 3 is 2.78 bits per heavy atom. The van der Waals surface area contributed by atoms with Crippen molar-refractivity contribution in [1.29, 1.82) is 0 Å². The number of hydrogen-bond acceptors (Lipinski definition) is 6. The molecule has 0 aromatic carbocycles. The predicted octanol–water partition coefficient (Wildman–Crippen LogP) is -0.0390. The van der Waals surface area contributed by atoms with E-state index in [-0.39, 0.29) is 29.1 Å². The van der Waals surface area contributed by atoms with Crippen LogP contribution in [0.15, 0.2) is 12.1 Å². The Morgan fingerprint density at radius 2 is 2.22 bits per heavy atom. The topological polar surface area (TPSA) is 122 Å². The van der Waals surface area contributed by atoms with Crippen molar-refractivity contribution in [1.82, 2.24) is 4.98 Å². The molecule has 4 N–H and O–H groups in total. The second-order valence-corrected chi connectivity index (χ2v) is 6.41. The summed E-state index contributed by atoms with van der Waals surface area (Å²) in [5.74, 6) is -0.789. The number of anilines is 2. The van der Waals surface area contributed by atoms with E-state index in [0.717, 1.165) is 0 Å². The Labute approximate surface area is 104 Å². The Balaban J connectivity index is 2.19. The van der Waals surface area contributed by atoms with Gasteiger partial charge in [0.25, 0.3) is 0 Å². The third kappa shape index (κ3) is 2.70. The van der Waals surface area contributed by atoms with Crippen molar-refractivity contribution in [2.24, 2.45) is 0 Å². The number of nitrogens with one attached hydrogen (secondary N) is 1. The van der Waals surface area contributed by atoms with Gasteiger partial charge in [0.2, 0.25) is 0 Å². The molecular weight excluding hydrogens is 258 g/mol. The van der Waals surface area contributed by atoms with Crippen LogP contribution in [-0.4, -0.2) is 42.0 Å². The van der Waals surface area contributed by atoms with Gasteiger partial charge in [0.05, 0.1) is 17.2 Å². The fourth-order valence-electron chi connectivity index (χ4n) is 1.81. The molecule has 0 saturated carbocycles. The largest absolute Gasteiger partial charge is 0.477 e. The van der Waals surface area contributed by atoms with Crippen LogP contribution < -0.4 is 11.1 Å². The average molecular weight is 271 g/mol. The summed E-state index contributed by atoms with van der Waals surface area (Å²) in [4.78, 5) is 14.6. The molecule has 1 saturated heterocycles. The number of carboxylic acids is 1. The molecule has 8 heteroatoms. The van der Waals surface area contributed by atoms with Gasteiger partial charge >= 0.3 is 5.97 Å². The Hall–Kier alpha value is -1.83. The maximum Gasteiger partial charge on any atom is 0.354 e. The van der Waals surface area contributed by atoms with Gasteiger partial charge in [0, 0.05) is 6.04 Å². The third-order valence-corrected chi connectivity index (χ3v) is 4.49. The minimum atomic E-state index is -3.00. The molecule has 0 bridgehead atoms. The molecule has 1 aliphatic heterocycles. The summed E-state index contributed by atoms with van der Waals surface area (Å²) < 4.78 is 22.6. The first-order valence-electron chi connectivity index (χ1n) is 5.34. The molecule has 0 amide bonds. The highest BCUT2D eigenvalue weighted by molar-refractivity contribution is 7.91. The van der Waals surface area contributed by atoms with E-state index in [1.165, 1.54) is 12.1 Å². The van der Waals surface area contributed by atoms with Crippen LogP contribution in [0.5, 0.6) is 0 Å². The molecule has 98 valence electrons. The first-order valence-corrected chi connectivity index (χ1v) is 7.16. The van der Waals surface area contributed by atoms with E-state index in [9.17, 15) is 13.2 Å². The molecule has 7 nitrogen and oxygen atoms in total. The smallest absolute Gasteiger partial charge is 0.354 e. The zero-order valence-electron chi connectivity index (χ0n) is 9.46. The molecule has 1 aromatic rings. The van der Waals surface area contributed by atoms with E-state index in [4.69, 9.17) is 10.8 Å². The van der Waals surface area contributed by atoms with E-state index in [2.05, 4.69) is 10.3 Å². The van der Waals surface area contributed by atoms with Crippen molar-refractivity contribution in [3.63, 3.8) is 0 Å². The first-order chi connectivity index (χ1) is 8.37. The third-order valence-electron chi connectivity index (χ3n) is 2.72. The summed E-state index contributed by atoms with van der Waals surface area (Å²) in [5.41, 5.74) is 5.83. The monoisotopic (exact) mass is 271 g/mol. The summed E-state index contributed by atoms with van der Waals surface area (Å²) >= 11 is 0. The lowest BCUT2D eigenvalue weighted by Gasteiger charge is -2.13. The standard InChI is InChI=1S/C10H13N3O4S/c11-7-1-2-8(10(14)15)13-9(7)12-6-3-4-18(16,17)5-6/h1-2,6H,3-5,11H2,(H,12,13)(H,14,15). The first kappa shape index (κ1) is 12.6. The minimum absolute atomic E-state index is 0.0193. The fraction of sp³-hybridized carbons (Fsp3) is 0.400. The molecule has 2 heterocycles. The predicted molar refractivity (Wildman–Crippen MR) is 66.3 cm³/mol. The highest BCUT2D eigenvalue weighted by Gasteiger charge is 2.28. The van der Waals surface area contributed by atoms with E-state index >= 15 is 0 Å². The van der Waals surface area contributed by atoms with E-state index in [0.29, 0.717) is 12.1 Å². The highest BCUT2D eigenvalue weighted by Crippen LogP contribution is 2.21. The number of sulfone groups is 1. The number of aromatic carboxylic acids is 1. The lowest BCUT2D eigenvalue weighted by molar-refractivity contribution is 0.0690. The summed E-state index contributed by atoms with van der Waals surface area (Å²) in [5, 5.41) is 11.7. The fourth-order valence-corrected chi connectivity index (χ4v) is 3.48. The van der Waals surface area contributed by atoms with Crippen LogP contribution in [0.2, 0.25) is 0 Å². The van der Waals surface area contributed by atoms with Gasteiger partial charge in [-0.3, -0.25) is 0 Å². The molecule has 1 unspecified atom stereocenters. The van der Waals surface area contributed by atoms with Gasteiger partial charge < -0.3 is 16.2 Å². The number of pyridine rings is 1. The normalized spacial score (nSPS) is 21.7. The van der Waals surface area contributed by atoms with Gasteiger partial charge in [-0.1, -0.05) is 0 Å². The van der Waals surface area contributed by atoms with Crippen LogP contribution in [-0.2, 0) is 9.84 Å². The van der Waals surface area contributed by atoms with Crippen LogP contribution in [0.25, 0.3) is 0 Å².